The van der Waals surface area contributed by atoms with Gasteiger partial charge >= 0.3 is 0 Å². The summed E-state index contributed by atoms with van der Waals surface area (Å²) in [5, 5.41) is 4.47. The van der Waals surface area contributed by atoms with Crippen LogP contribution in [-0.2, 0) is 13.2 Å². The molecule has 0 amide bonds. The van der Waals surface area contributed by atoms with E-state index in [4.69, 9.17) is 27.9 Å². The van der Waals surface area contributed by atoms with Gasteiger partial charge in [0.05, 0.1) is 5.02 Å². The van der Waals surface area contributed by atoms with E-state index in [9.17, 15) is 0 Å². The van der Waals surface area contributed by atoms with Crippen LogP contribution < -0.4 is 10.1 Å². The number of benzene rings is 2. The molecule has 0 spiro atoms. The number of hydrogen-bond acceptors (Lipinski definition) is 2. The van der Waals surface area contributed by atoms with E-state index in [0.29, 0.717) is 22.4 Å². The normalized spacial score (nSPS) is 14.2. The standard InChI is InChI=1S/C17H17Cl2NO/c18-15-2-1-3-16(17(15)19)21-11-13-6-4-12(5-7-13)10-20-14-8-9-14/h1-7,14,20H,8-11H2. The topological polar surface area (TPSA) is 21.3 Å². The minimum atomic E-state index is 0.462. The summed E-state index contributed by atoms with van der Waals surface area (Å²) in [7, 11) is 0. The first-order chi connectivity index (χ1) is 10.2. The van der Waals surface area contributed by atoms with Gasteiger partial charge in [-0.3, -0.25) is 0 Å². The van der Waals surface area contributed by atoms with Crippen molar-refractivity contribution in [1.82, 2.24) is 5.32 Å². The molecule has 0 aromatic heterocycles. The van der Waals surface area contributed by atoms with Crippen LogP contribution in [0.4, 0.5) is 0 Å². The molecule has 0 aliphatic heterocycles. The van der Waals surface area contributed by atoms with Crippen molar-refractivity contribution in [3.05, 3.63) is 63.6 Å². The second-order valence-corrected chi connectivity index (χ2v) is 6.10. The Morgan fingerprint density at radius 2 is 1.71 bits per heavy atom. The number of rotatable bonds is 6. The molecule has 0 heterocycles. The van der Waals surface area contributed by atoms with Crippen molar-refractivity contribution in [2.45, 2.75) is 32.0 Å². The highest BCUT2D eigenvalue weighted by Crippen LogP contribution is 2.31. The average Bonchev–Trinajstić information content (AvgIpc) is 3.32. The summed E-state index contributed by atoms with van der Waals surface area (Å²) in [5.41, 5.74) is 2.41. The lowest BCUT2D eigenvalue weighted by atomic mass is 10.1. The summed E-state index contributed by atoms with van der Waals surface area (Å²) < 4.78 is 5.72. The fourth-order valence-corrected chi connectivity index (χ4v) is 2.41. The van der Waals surface area contributed by atoms with Crippen LogP contribution in [0.3, 0.4) is 0 Å². The molecule has 1 aliphatic carbocycles. The minimum absolute atomic E-state index is 0.462. The molecule has 1 saturated carbocycles. The fraction of sp³-hybridized carbons (Fsp3) is 0.294. The number of ether oxygens (including phenoxy) is 1. The third kappa shape index (κ3) is 4.13. The Labute approximate surface area is 135 Å². The zero-order valence-corrected chi connectivity index (χ0v) is 13.1. The maximum absolute atomic E-state index is 6.10. The summed E-state index contributed by atoms with van der Waals surface area (Å²) >= 11 is 12.1. The molecule has 2 aromatic carbocycles. The van der Waals surface area contributed by atoms with Crippen LogP contribution in [0.2, 0.25) is 10.0 Å². The van der Waals surface area contributed by atoms with Gasteiger partial charge in [-0.15, -0.1) is 0 Å². The lowest BCUT2D eigenvalue weighted by Crippen LogP contribution is -2.15. The zero-order chi connectivity index (χ0) is 14.7. The molecule has 0 radical (unpaired) electrons. The molecule has 0 unspecified atom stereocenters. The highest BCUT2D eigenvalue weighted by Gasteiger charge is 2.19. The van der Waals surface area contributed by atoms with E-state index in [2.05, 4.69) is 29.6 Å². The van der Waals surface area contributed by atoms with Crippen molar-refractivity contribution < 1.29 is 4.74 Å². The predicted molar refractivity (Wildman–Crippen MR) is 87.1 cm³/mol. The van der Waals surface area contributed by atoms with Crippen molar-refractivity contribution in [2.75, 3.05) is 0 Å². The monoisotopic (exact) mass is 321 g/mol. The third-order valence-electron chi connectivity index (χ3n) is 3.51. The maximum atomic E-state index is 6.10. The van der Waals surface area contributed by atoms with Crippen molar-refractivity contribution in [1.29, 1.82) is 0 Å². The van der Waals surface area contributed by atoms with Crippen LogP contribution in [-0.4, -0.2) is 6.04 Å². The van der Waals surface area contributed by atoms with Crippen molar-refractivity contribution in [3.8, 4) is 5.75 Å². The Morgan fingerprint density at radius 3 is 2.43 bits per heavy atom. The number of halogens is 2. The Bertz CT molecular complexity index is 609. The first kappa shape index (κ1) is 14.7. The molecule has 2 nitrogen and oxygen atoms in total. The van der Waals surface area contributed by atoms with Crippen LogP contribution in [0.1, 0.15) is 24.0 Å². The summed E-state index contributed by atoms with van der Waals surface area (Å²) in [5.74, 6) is 0.614. The van der Waals surface area contributed by atoms with Crippen LogP contribution >= 0.6 is 23.2 Å². The molecule has 1 aliphatic rings. The Kier molecular flexibility index (Phi) is 4.69. The van der Waals surface area contributed by atoms with Crippen LogP contribution in [0.15, 0.2) is 42.5 Å². The molecule has 110 valence electrons. The molecule has 0 saturated heterocycles. The molecular formula is C17H17Cl2NO. The van der Waals surface area contributed by atoms with Gasteiger partial charge in [-0.2, -0.15) is 0 Å². The van der Waals surface area contributed by atoms with Crippen LogP contribution in [0, 0.1) is 0 Å². The second kappa shape index (κ2) is 6.69. The van der Waals surface area contributed by atoms with E-state index in [0.717, 1.165) is 18.2 Å². The third-order valence-corrected chi connectivity index (χ3v) is 4.31. The smallest absolute Gasteiger partial charge is 0.139 e. The van der Waals surface area contributed by atoms with Gasteiger partial charge in [-0.25, -0.2) is 0 Å². The summed E-state index contributed by atoms with van der Waals surface area (Å²) in [6.45, 7) is 1.42. The average molecular weight is 322 g/mol. The van der Waals surface area contributed by atoms with Gasteiger partial charge in [-0.1, -0.05) is 53.5 Å². The number of nitrogens with one attached hydrogen (secondary N) is 1. The lowest BCUT2D eigenvalue weighted by molar-refractivity contribution is 0.306. The zero-order valence-electron chi connectivity index (χ0n) is 11.6. The second-order valence-electron chi connectivity index (χ2n) is 5.31. The quantitative estimate of drug-likeness (QED) is 0.823. The van der Waals surface area contributed by atoms with Gasteiger partial charge in [0.2, 0.25) is 0 Å². The van der Waals surface area contributed by atoms with E-state index in [-0.39, 0.29) is 0 Å². The van der Waals surface area contributed by atoms with Crippen LogP contribution in [0.5, 0.6) is 5.75 Å². The van der Waals surface area contributed by atoms with E-state index >= 15 is 0 Å². The molecular weight excluding hydrogens is 305 g/mol. The Hall–Kier alpha value is -1.22. The van der Waals surface area contributed by atoms with Crippen molar-refractivity contribution >= 4 is 23.2 Å². The van der Waals surface area contributed by atoms with Crippen molar-refractivity contribution in [3.63, 3.8) is 0 Å². The van der Waals surface area contributed by atoms with E-state index in [1.54, 1.807) is 6.07 Å². The van der Waals surface area contributed by atoms with Gasteiger partial charge in [-0.05, 0) is 36.1 Å². The molecule has 3 rings (SSSR count). The maximum Gasteiger partial charge on any atom is 0.139 e. The minimum Gasteiger partial charge on any atom is -0.487 e. The summed E-state index contributed by atoms with van der Waals surface area (Å²) in [6.07, 6.45) is 2.62. The van der Waals surface area contributed by atoms with Gasteiger partial charge < -0.3 is 10.1 Å². The fourth-order valence-electron chi connectivity index (χ4n) is 2.06. The summed E-state index contributed by atoms with van der Waals surface area (Å²) in [6, 6.07) is 14.6. The molecule has 0 atom stereocenters. The number of hydrogen-bond donors (Lipinski definition) is 1. The van der Waals surface area contributed by atoms with Crippen LogP contribution in [0.25, 0.3) is 0 Å². The largest absolute Gasteiger partial charge is 0.487 e. The van der Waals surface area contributed by atoms with Gasteiger partial charge in [0, 0.05) is 12.6 Å². The Balaban J connectivity index is 1.56. The molecule has 2 aromatic rings. The van der Waals surface area contributed by atoms with Gasteiger partial charge in [0.25, 0.3) is 0 Å². The van der Waals surface area contributed by atoms with Crippen molar-refractivity contribution in [2.24, 2.45) is 0 Å². The molecule has 1 N–H and O–H groups in total. The van der Waals surface area contributed by atoms with E-state index < -0.39 is 0 Å². The lowest BCUT2D eigenvalue weighted by Gasteiger charge is -2.09. The molecule has 21 heavy (non-hydrogen) atoms. The van der Waals surface area contributed by atoms with Gasteiger partial charge in [0.1, 0.15) is 17.4 Å². The molecule has 1 fully saturated rings. The predicted octanol–water partition coefficient (Wildman–Crippen LogP) is 4.82. The first-order valence-corrected chi connectivity index (χ1v) is 7.86. The Morgan fingerprint density at radius 1 is 1.00 bits per heavy atom. The molecule has 0 bridgehead atoms. The highest BCUT2D eigenvalue weighted by atomic mass is 35.5. The highest BCUT2D eigenvalue weighted by molar-refractivity contribution is 6.42. The van der Waals surface area contributed by atoms with E-state index in [1.807, 2.05) is 12.1 Å². The van der Waals surface area contributed by atoms with Gasteiger partial charge in [0.15, 0.2) is 0 Å². The first-order valence-electron chi connectivity index (χ1n) is 7.10. The molecule has 4 heteroatoms. The van der Waals surface area contributed by atoms with E-state index in [1.165, 1.54) is 18.4 Å². The summed E-state index contributed by atoms with van der Waals surface area (Å²) in [4.78, 5) is 0. The SMILES string of the molecule is Clc1cccc(OCc2ccc(CNC3CC3)cc2)c1Cl.